The average molecular weight is 451 g/mol. The summed E-state index contributed by atoms with van der Waals surface area (Å²) in [6.07, 6.45) is 3.35. The van der Waals surface area contributed by atoms with E-state index in [2.05, 4.69) is 5.10 Å². The van der Waals surface area contributed by atoms with E-state index in [4.69, 9.17) is 15.7 Å². The number of ether oxygens (including phenoxy) is 1. The quantitative estimate of drug-likeness (QED) is 0.642. The number of rotatable bonds is 5. The number of nitrogens with two attached hydrogens (primary N) is 1. The Hall–Kier alpha value is -3.77. The minimum Gasteiger partial charge on any atom is -0.494 e. The van der Waals surface area contributed by atoms with Gasteiger partial charge in [0.15, 0.2) is 11.6 Å². The van der Waals surface area contributed by atoms with Crippen LogP contribution in [0.15, 0.2) is 42.6 Å². The second kappa shape index (κ2) is 9.38. The molecule has 0 unspecified atom stereocenters. The van der Waals surface area contributed by atoms with Crippen molar-refractivity contribution >= 4 is 5.91 Å². The van der Waals surface area contributed by atoms with Crippen molar-refractivity contribution in [1.29, 1.82) is 5.26 Å². The summed E-state index contributed by atoms with van der Waals surface area (Å²) in [5.74, 6) is -1.29. The van der Waals surface area contributed by atoms with Gasteiger partial charge in [0.25, 0.3) is 0 Å². The molecule has 1 atom stereocenters. The van der Waals surface area contributed by atoms with Crippen LogP contribution in [0.3, 0.4) is 0 Å². The predicted octanol–water partition coefficient (Wildman–Crippen LogP) is 3.33. The summed E-state index contributed by atoms with van der Waals surface area (Å²) in [5, 5.41) is 13.5. The third-order valence-corrected chi connectivity index (χ3v) is 5.70. The van der Waals surface area contributed by atoms with Crippen molar-refractivity contribution in [3.63, 3.8) is 0 Å². The van der Waals surface area contributed by atoms with Crippen molar-refractivity contribution < 1.29 is 18.3 Å². The summed E-state index contributed by atoms with van der Waals surface area (Å²) in [5.41, 5.74) is 7.69. The Kier molecular flexibility index (Phi) is 6.38. The van der Waals surface area contributed by atoms with Crippen LogP contribution < -0.4 is 10.5 Å². The van der Waals surface area contributed by atoms with Gasteiger partial charge in [-0.1, -0.05) is 6.07 Å². The summed E-state index contributed by atoms with van der Waals surface area (Å²) in [4.78, 5) is 14.5. The zero-order chi connectivity index (χ0) is 23.5. The monoisotopic (exact) mass is 451 g/mol. The Morgan fingerprint density at radius 2 is 2.00 bits per heavy atom. The molecule has 0 aliphatic carbocycles. The van der Waals surface area contributed by atoms with Gasteiger partial charge >= 0.3 is 0 Å². The van der Waals surface area contributed by atoms with Gasteiger partial charge in [0, 0.05) is 36.5 Å². The van der Waals surface area contributed by atoms with E-state index in [1.54, 1.807) is 29.3 Å². The Bertz CT molecular complexity index is 1230. The highest BCUT2D eigenvalue weighted by atomic mass is 19.1. The molecule has 0 bridgehead atoms. The van der Waals surface area contributed by atoms with Crippen LogP contribution in [0.4, 0.5) is 8.78 Å². The van der Waals surface area contributed by atoms with Gasteiger partial charge in [-0.25, -0.2) is 8.78 Å². The maximum Gasteiger partial charge on any atom is 0.244 e. The highest BCUT2D eigenvalue weighted by molar-refractivity contribution is 5.82. The van der Waals surface area contributed by atoms with E-state index in [0.717, 1.165) is 12.8 Å². The van der Waals surface area contributed by atoms with Gasteiger partial charge in [0.1, 0.15) is 24.1 Å². The second-order valence-electron chi connectivity index (χ2n) is 7.99. The van der Waals surface area contributed by atoms with E-state index in [-0.39, 0.29) is 29.8 Å². The highest BCUT2D eigenvalue weighted by Gasteiger charge is 2.23. The van der Waals surface area contributed by atoms with Crippen LogP contribution in [0.5, 0.6) is 5.75 Å². The van der Waals surface area contributed by atoms with Crippen LogP contribution in [0.1, 0.15) is 18.4 Å². The number of methoxy groups -OCH3 is 1. The molecule has 0 radical (unpaired) electrons. The van der Waals surface area contributed by atoms with Crippen molar-refractivity contribution in [1.82, 2.24) is 14.7 Å². The van der Waals surface area contributed by atoms with Gasteiger partial charge < -0.3 is 15.4 Å². The molecule has 9 heteroatoms. The molecule has 1 fully saturated rings. The van der Waals surface area contributed by atoms with Gasteiger partial charge in [-0.2, -0.15) is 10.4 Å². The minimum absolute atomic E-state index is 0.0306. The number of aromatic nitrogens is 2. The molecule has 7 nitrogen and oxygen atoms in total. The molecular weight excluding hydrogens is 428 g/mol. The summed E-state index contributed by atoms with van der Waals surface area (Å²) >= 11 is 0. The standard InChI is InChI=1S/C24H23F2N5O2/c1-33-22-7-6-16(10-21(22)26)24-19(15-4-5-17(11-27)20(25)9-15)13-31(29-24)14-23(32)30-8-2-3-18(28)12-30/h4-7,9-10,13,18H,2-3,8,12,14,28H2,1H3/t18-/m1/s1. The predicted molar refractivity (Wildman–Crippen MR) is 118 cm³/mol. The molecular formula is C24H23F2N5O2. The van der Waals surface area contributed by atoms with Crippen molar-refractivity contribution in [2.45, 2.75) is 25.4 Å². The third kappa shape index (κ3) is 4.71. The normalized spacial score (nSPS) is 15.8. The zero-order valence-corrected chi connectivity index (χ0v) is 18.1. The molecule has 170 valence electrons. The number of piperidine rings is 1. The fraction of sp³-hybridized carbons (Fsp3) is 0.292. The summed E-state index contributed by atoms with van der Waals surface area (Å²) in [7, 11) is 1.37. The Balaban J connectivity index is 1.73. The second-order valence-corrected chi connectivity index (χ2v) is 7.99. The fourth-order valence-corrected chi connectivity index (χ4v) is 3.99. The summed E-state index contributed by atoms with van der Waals surface area (Å²) < 4.78 is 35.2. The lowest BCUT2D eigenvalue weighted by atomic mass is 10.0. The first-order valence-corrected chi connectivity index (χ1v) is 10.5. The number of nitrogens with zero attached hydrogens (tertiary/aromatic N) is 4. The van der Waals surface area contributed by atoms with Crippen molar-refractivity contribution in [2.24, 2.45) is 5.73 Å². The smallest absolute Gasteiger partial charge is 0.244 e. The van der Waals surface area contributed by atoms with Crippen LogP contribution in [0.25, 0.3) is 22.4 Å². The van der Waals surface area contributed by atoms with E-state index in [1.165, 1.54) is 36.1 Å². The molecule has 33 heavy (non-hydrogen) atoms. The van der Waals surface area contributed by atoms with Crippen LogP contribution in [0, 0.1) is 23.0 Å². The SMILES string of the molecule is COc1ccc(-c2nn(CC(=O)N3CCC[C@@H](N)C3)cc2-c2ccc(C#N)c(F)c2)cc1F. The number of amides is 1. The Labute approximate surface area is 190 Å². The minimum atomic E-state index is -0.673. The lowest BCUT2D eigenvalue weighted by Crippen LogP contribution is -2.46. The number of hydrogen-bond acceptors (Lipinski definition) is 5. The molecule has 2 aromatic carbocycles. The lowest BCUT2D eigenvalue weighted by molar-refractivity contribution is -0.133. The van der Waals surface area contributed by atoms with Crippen molar-refractivity contribution in [2.75, 3.05) is 20.2 Å². The van der Waals surface area contributed by atoms with Gasteiger partial charge in [0.05, 0.1) is 12.7 Å². The maximum absolute atomic E-state index is 14.4. The van der Waals surface area contributed by atoms with E-state index < -0.39 is 11.6 Å². The van der Waals surface area contributed by atoms with E-state index >= 15 is 0 Å². The first kappa shape index (κ1) is 22.4. The number of carbonyl (C=O) groups is 1. The molecule has 0 spiro atoms. The number of nitriles is 1. The lowest BCUT2D eigenvalue weighted by Gasteiger charge is -2.30. The van der Waals surface area contributed by atoms with Gasteiger partial charge in [-0.3, -0.25) is 9.48 Å². The van der Waals surface area contributed by atoms with Gasteiger partial charge in [-0.15, -0.1) is 0 Å². The van der Waals surface area contributed by atoms with Crippen LogP contribution in [-0.2, 0) is 11.3 Å². The molecule has 1 aromatic heterocycles. The average Bonchev–Trinajstić information content (AvgIpc) is 3.22. The highest BCUT2D eigenvalue weighted by Crippen LogP contribution is 2.34. The van der Waals surface area contributed by atoms with E-state index in [0.29, 0.717) is 35.5 Å². The first-order chi connectivity index (χ1) is 15.9. The summed E-state index contributed by atoms with van der Waals surface area (Å²) in [6, 6.07) is 10.3. The number of hydrogen-bond donors (Lipinski definition) is 1. The first-order valence-electron chi connectivity index (χ1n) is 10.5. The Morgan fingerprint density at radius 1 is 1.24 bits per heavy atom. The fourth-order valence-electron chi connectivity index (χ4n) is 3.99. The van der Waals surface area contributed by atoms with Crippen molar-refractivity contribution in [3.05, 3.63) is 59.8 Å². The topological polar surface area (TPSA) is 97.2 Å². The molecule has 3 aromatic rings. The zero-order valence-electron chi connectivity index (χ0n) is 18.1. The number of benzene rings is 2. The number of carbonyl (C=O) groups excluding carboxylic acids is 1. The molecule has 4 rings (SSSR count). The number of halogens is 2. The van der Waals surface area contributed by atoms with Crippen LogP contribution in [-0.4, -0.2) is 46.8 Å². The number of likely N-dealkylation sites (tertiary alicyclic amines) is 1. The largest absolute Gasteiger partial charge is 0.494 e. The molecule has 2 N–H and O–H groups in total. The van der Waals surface area contributed by atoms with Crippen molar-refractivity contribution in [3.8, 4) is 34.2 Å². The van der Waals surface area contributed by atoms with Crippen LogP contribution in [0.2, 0.25) is 0 Å². The molecule has 1 amide bonds. The van der Waals surface area contributed by atoms with Gasteiger partial charge in [0.2, 0.25) is 5.91 Å². The third-order valence-electron chi connectivity index (χ3n) is 5.70. The molecule has 0 saturated carbocycles. The van der Waals surface area contributed by atoms with E-state index in [9.17, 15) is 13.6 Å². The summed E-state index contributed by atoms with van der Waals surface area (Å²) in [6.45, 7) is 1.10. The molecule has 1 saturated heterocycles. The molecule has 2 heterocycles. The maximum atomic E-state index is 14.4. The molecule has 1 aliphatic heterocycles. The Morgan fingerprint density at radius 3 is 2.67 bits per heavy atom. The van der Waals surface area contributed by atoms with E-state index in [1.807, 2.05) is 0 Å². The van der Waals surface area contributed by atoms with Gasteiger partial charge in [-0.05, 0) is 48.7 Å². The van der Waals surface area contributed by atoms with Crippen LogP contribution >= 0.6 is 0 Å². The molecule has 1 aliphatic rings.